The van der Waals surface area contributed by atoms with Crippen molar-refractivity contribution in [2.45, 2.75) is 46.7 Å². The van der Waals surface area contributed by atoms with E-state index in [2.05, 4.69) is 19.2 Å². The maximum Gasteiger partial charge on any atom is 0.239 e. The summed E-state index contributed by atoms with van der Waals surface area (Å²) in [5.41, 5.74) is 1.22. The lowest BCUT2D eigenvalue weighted by molar-refractivity contribution is -0.124. The molecule has 0 unspecified atom stereocenters. The molecule has 1 aromatic carbocycles. The lowest BCUT2D eigenvalue weighted by atomic mass is 9.92. The van der Waals surface area contributed by atoms with Gasteiger partial charge in [0.25, 0.3) is 0 Å². The van der Waals surface area contributed by atoms with Gasteiger partial charge >= 0.3 is 0 Å². The molecule has 0 radical (unpaired) electrons. The van der Waals surface area contributed by atoms with Gasteiger partial charge in [-0.25, -0.2) is 0 Å². The third-order valence-electron chi connectivity index (χ3n) is 3.53. The molecule has 0 saturated carbocycles. The number of anilines is 1. The molecule has 1 N–H and O–H groups in total. The number of hydrogen-bond donors (Lipinski definition) is 1. The standard InChI is InChI=1S/C16H22N2O2/c1-11(2)17-10-12-5-7-13(8-6-12)18-14(19)9-16(3,4)15(18)20/h5-8,11,17H,9-10H2,1-4H3. The van der Waals surface area contributed by atoms with Crippen LogP contribution in [0, 0.1) is 5.41 Å². The number of imide groups is 1. The quantitative estimate of drug-likeness (QED) is 0.858. The number of benzene rings is 1. The molecule has 2 rings (SSSR count). The van der Waals surface area contributed by atoms with Crippen molar-refractivity contribution in [3.8, 4) is 0 Å². The zero-order valence-electron chi connectivity index (χ0n) is 12.6. The second kappa shape index (κ2) is 5.37. The molecule has 1 saturated heterocycles. The third-order valence-corrected chi connectivity index (χ3v) is 3.53. The molecule has 1 aliphatic rings. The molecule has 1 fully saturated rings. The SMILES string of the molecule is CC(C)NCc1ccc(N2C(=O)CC(C)(C)C2=O)cc1. The van der Waals surface area contributed by atoms with E-state index < -0.39 is 5.41 Å². The molecular formula is C16H22N2O2. The average molecular weight is 274 g/mol. The number of carbonyl (C=O) groups is 2. The number of nitrogens with one attached hydrogen (secondary N) is 1. The Morgan fingerprint density at radius 2 is 1.80 bits per heavy atom. The Hall–Kier alpha value is -1.68. The van der Waals surface area contributed by atoms with E-state index in [4.69, 9.17) is 0 Å². The van der Waals surface area contributed by atoms with Crippen molar-refractivity contribution in [1.29, 1.82) is 0 Å². The van der Waals surface area contributed by atoms with Gasteiger partial charge in [0.15, 0.2) is 0 Å². The van der Waals surface area contributed by atoms with Crippen LogP contribution in [0.25, 0.3) is 0 Å². The second-order valence-corrected chi connectivity index (χ2v) is 6.30. The molecular weight excluding hydrogens is 252 g/mol. The second-order valence-electron chi connectivity index (χ2n) is 6.30. The predicted molar refractivity (Wildman–Crippen MR) is 79.3 cm³/mol. The predicted octanol–water partition coefficient (Wildman–Crippen LogP) is 2.47. The van der Waals surface area contributed by atoms with E-state index in [0.29, 0.717) is 11.7 Å². The average Bonchev–Trinajstić information content (AvgIpc) is 2.57. The third kappa shape index (κ3) is 2.90. The molecule has 0 aliphatic carbocycles. The minimum Gasteiger partial charge on any atom is -0.310 e. The number of nitrogens with zero attached hydrogens (tertiary/aromatic N) is 1. The summed E-state index contributed by atoms with van der Waals surface area (Å²) < 4.78 is 0. The van der Waals surface area contributed by atoms with Crippen LogP contribution in [0.3, 0.4) is 0 Å². The van der Waals surface area contributed by atoms with Crippen LogP contribution in [0.2, 0.25) is 0 Å². The Balaban J connectivity index is 2.14. The van der Waals surface area contributed by atoms with Crippen LogP contribution in [-0.2, 0) is 16.1 Å². The zero-order valence-corrected chi connectivity index (χ0v) is 12.6. The van der Waals surface area contributed by atoms with Crippen molar-refractivity contribution >= 4 is 17.5 Å². The van der Waals surface area contributed by atoms with Gasteiger partial charge in [-0.1, -0.05) is 39.8 Å². The van der Waals surface area contributed by atoms with Crippen LogP contribution in [0.15, 0.2) is 24.3 Å². The monoisotopic (exact) mass is 274 g/mol. The molecule has 4 nitrogen and oxygen atoms in total. The molecule has 4 heteroatoms. The molecule has 20 heavy (non-hydrogen) atoms. The normalized spacial score (nSPS) is 18.1. The van der Waals surface area contributed by atoms with E-state index in [-0.39, 0.29) is 18.2 Å². The summed E-state index contributed by atoms with van der Waals surface area (Å²) in [6, 6.07) is 8.02. The van der Waals surface area contributed by atoms with Crippen molar-refractivity contribution in [3.05, 3.63) is 29.8 Å². The largest absolute Gasteiger partial charge is 0.310 e. The Labute approximate surface area is 120 Å². The maximum atomic E-state index is 12.2. The van der Waals surface area contributed by atoms with Gasteiger partial charge in [0.2, 0.25) is 11.8 Å². The zero-order chi connectivity index (χ0) is 14.9. The van der Waals surface area contributed by atoms with E-state index in [1.165, 1.54) is 4.90 Å². The van der Waals surface area contributed by atoms with E-state index in [9.17, 15) is 9.59 Å². The Bertz CT molecular complexity index is 518. The first-order chi connectivity index (χ1) is 9.31. The highest BCUT2D eigenvalue weighted by Gasteiger charge is 2.45. The first kappa shape index (κ1) is 14.7. The minimum absolute atomic E-state index is 0.115. The maximum absolute atomic E-state index is 12.2. The van der Waals surface area contributed by atoms with Gasteiger partial charge in [-0.3, -0.25) is 14.5 Å². The fourth-order valence-electron chi connectivity index (χ4n) is 2.29. The van der Waals surface area contributed by atoms with Gasteiger partial charge in [-0.05, 0) is 17.7 Å². The summed E-state index contributed by atoms with van der Waals surface area (Å²) in [7, 11) is 0. The summed E-state index contributed by atoms with van der Waals surface area (Å²) in [5, 5.41) is 3.33. The minimum atomic E-state index is -0.588. The van der Waals surface area contributed by atoms with Gasteiger partial charge in [-0.15, -0.1) is 0 Å². The smallest absolute Gasteiger partial charge is 0.239 e. The molecule has 1 aliphatic heterocycles. The lowest BCUT2D eigenvalue weighted by Crippen LogP contribution is -2.32. The number of amides is 2. The van der Waals surface area contributed by atoms with E-state index in [1.54, 1.807) is 0 Å². The molecule has 1 heterocycles. The Morgan fingerprint density at radius 1 is 1.20 bits per heavy atom. The van der Waals surface area contributed by atoms with Gasteiger partial charge in [0, 0.05) is 19.0 Å². The number of carbonyl (C=O) groups excluding carboxylic acids is 2. The van der Waals surface area contributed by atoms with Crippen LogP contribution in [-0.4, -0.2) is 17.9 Å². The summed E-state index contributed by atoms with van der Waals surface area (Å²) in [6.07, 6.45) is 0.280. The molecule has 0 aromatic heterocycles. The van der Waals surface area contributed by atoms with Gasteiger partial charge in [0.05, 0.1) is 11.1 Å². The fourth-order valence-corrected chi connectivity index (χ4v) is 2.29. The van der Waals surface area contributed by atoms with Crippen molar-refractivity contribution < 1.29 is 9.59 Å². The van der Waals surface area contributed by atoms with Crippen molar-refractivity contribution in [2.75, 3.05) is 4.90 Å². The van der Waals surface area contributed by atoms with Crippen LogP contribution >= 0.6 is 0 Å². The molecule has 0 spiro atoms. The fraction of sp³-hybridized carbons (Fsp3) is 0.500. The van der Waals surface area contributed by atoms with Gasteiger partial charge in [-0.2, -0.15) is 0 Å². The molecule has 1 aromatic rings. The Kier molecular flexibility index (Phi) is 3.95. The first-order valence-electron chi connectivity index (χ1n) is 7.01. The van der Waals surface area contributed by atoms with E-state index in [1.807, 2.05) is 38.1 Å². The number of rotatable bonds is 4. The highest BCUT2D eigenvalue weighted by molar-refractivity contribution is 6.22. The first-order valence-corrected chi connectivity index (χ1v) is 7.01. The van der Waals surface area contributed by atoms with Crippen molar-refractivity contribution in [1.82, 2.24) is 5.32 Å². The van der Waals surface area contributed by atoms with E-state index in [0.717, 1.165) is 12.1 Å². The summed E-state index contributed by atoms with van der Waals surface area (Å²) in [6.45, 7) is 8.60. The van der Waals surface area contributed by atoms with Crippen LogP contribution in [0.4, 0.5) is 5.69 Å². The van der Waals surface area contributed by atoms with Crippen molar-refractivity contribution in [2.24, 2.45) is 5.41 Å². The van der Waals surface area contributed by atoms with Crippen LogP contribution in [0.5, 0.6) is 0 Å². The molecule has 108 valence electrons. The molecule has 2 amide bonds. The summed E-state index contributed by atoms with van der Waals surface area (Å²) in [4.78, 5) is 25.5. The van der Waals surface area contributed by atoms with Crippen molar-refractivity contribution in [3.63, 3.8) is 0 Å². The number of hydrogen-bond acceptors (Lipinski definition) is 3. The summed E-state index contributed by atoms with van der Waals surface area (Å²) >= 11 is 0. The van der Waals surface area contributed by atoms with Gasteiger partial charge in [0.1, 0.15) is 0 Å². The highest BCUT2D eigenvalue weighted by atomic mass is 16.2. The van der Waals surface area contributed by atoms with Gasteiger partial charge < -0.3 is 5.32 Å². The lowest BCUT2D eigenvalue weighted by Gasteiger charge is -2.18. The molecule has 0 atom stereocenters. The van der Waals surface area contributed by atoms with Crippen LogP contribution in [0.1, 0.15) is 39.7 Å². The van der Waals surface area contributed by atoms with Crippen LogP contribution < -0.4 is 10.2 Å². The highest BCUT2D eigenvalue weighted by Crippen LogP contribution is 2.34. The Morgan fingerprint density at radius 3 is 2.25 bits per heavy atom. The van der Waals surface area contributed by atoms with E-state index >= 15 is 0 Å². The topological polar surface area (TPSA) is 49.4 Å². The molecule has 0 bridgehead atoms. The summed E-state index contributed by atoms with van der Waals surface area (Å²) in [5.74, 6) is -0.233.